The maximum atomic E-state index is 12.2. The van der Waals surface area contributed by atoms with Crippen LogP contribution < -0.4 is 10.6 Å². The molecule has 5 nitrogen and oxygen atoms in total. The van der Waals surface area contributed by atoms with Gasteiger partial charge in [-0.3, -0.25) is 0 Å². The topological polar surface area (TPSA) is 59.0 Å². The minimum Gasteiger partial charge on any atom is -0.338 e. The Hall–Kier alpha value is -2.53. The summed E-state index contributed by atoms with van der Waals surface area (Å²) >= 11 is 5.92. The molecule has 6 heteroatoms. The van der Waals surface area contributed by atoms with Crippen LogP contribution in [0.5, 0.6) is 0 Å². The van der Waals surface area contributed by atoms with Crippen LogP contribution in [0.15, 0.2) is 54.9 Å². The van der Waals surface area contributed by atoms with Crippen LogP contribution in [0, 0.1) is 0 Å². The van der Waals surface area contributed by atoms with Crippen molar-refractivity contribution in [3.05, 3.63) is 65.4 Å². The highest BCUT2D eigenvalue weighted by Crippen LogP contribution is 2.19. The number of urea groups is 1. The van der Waals surface area contributed by atoms with E-state index in [4.69, 9.17) is 11.6 Å². The molecule has 0 radical (unpaired) electrons. The Morgan fingerprint density at radius 3 is 2.73 bits per heavy atom. The number of benzene rings is 2. The minimum absolute atomic E-state index is 0.0233. The Balaban J connectivity index is 1.45. The van der Waals surface area contributed by atoms with Crippen LogP contribution in [0.2, 0.25) is 5.02 Å². The van der Waals surface area contributed by atoms with Gasteiger partial charge in [0.2, 0.25) is 0 Å². The number of amides is 2. The third-order valence-corrected chi connectivity index (χ3v) is 4.63. The van der Waals surface area contributed by atoms with Crippen molar-refractivity contribution < 1.29 is 4.79 Å². The third-order valence-electron chi connectivity index (χ3n) is 4.37. The zero-order chi connectivity index (χ0) is 18.4. The van der Waals surface area contributed by atoms with Crippen LogP contribution in [-0.2, 0) is 6.54 Å². The molecule has 0 aliphatic heterocycles. The first-order valence-electron chi connectivity index (χ1n) is 8.87. The van der Waals surface area contributed by atoms with E-state index >= 15 is 0 Å². The summed E-state index contributed by atoms with van der Waals surface area (Å²) in [4.78, 5) is 16.5. The van der Waals surface area contributed by atoms with Gasteiger partial charge in [0.1, 0.15) is 0 Å². The van der Waals surface area contributed by atoms with E-state index in [1.807, 2.05) is 55.7 Å². The molecular weight excluding hydrogens is 348 g/mol. The van der Waals surface area contributed by atoms with Crippen LogP contribution in [0.3, 0.4) is 0 Å². The number of carbonyl (C=O) groups excluding carboxylic acids is 1. The van der Waals surface area contributed by atoms with Crippen molar-refractivity contribution >= 4 is 28.7 Å². The van der Waals surface area contributed by atoms with E-state index in [0.717, 1.165) is 36.0 Å². The lowest BCUT2D eigenvalue weighted by Crippen LogP contribution is -2.38. The molecule has 1 heterocycles. The van der Waals surface area contributed by atoms with E-state index in [9.17, 15) is 4.79 Å². The molecule has 0 aliphatic carbocycles. The lowest BCUT2D eigenvalue weighted by Gasteiger charge is -2.18. The summed E-state index contributed by atoms with van der Waals surface area (Å²) in [5.41, 5.74) is 3.16. The van der Waals surface area contributed by atoms with Gasteiger partial charge in [0.25, 0.3) is 0 Å². The predicted molar refractivity (Wildman–Crippen MR) is 105 cm³/mol. The van der Waals surface area contributed by atoms with E-state index in [1.165, 1.54) is 0 Å². The predicted octanol–water partition coefficient (Wildman–Crippen LogP) is 4.53. The number of rotatable bonds is 7. The summed E-state index contributed by atoms with van der Waals surface area (Å²) in [5, 5.41) is 6.64. The number of para-hydroxylation sites is 2. The summed E-state index contributed by atoms with van der Waals surface area (Å²) < 4.78 is 2.11. The number of nitrogens with zero attached hydrogens (tertiary/aromatic N) is 2. The molecule has 0 aliphatic rings. The molecule has 1 atom stereocenters. The van der Waals surface area contributed by atoms with Crippen LogP contribution >= 0.6 is 11.6 Å². The van der Waals surface area contributed by atoms with E-state index in [1.54, 1.807) is 0 Å². The average Bonchev–Trinajstić information content (AvgIpc) is 3.07. The highest BCUT2D eigenvalue weighted by Gasteiger charge is 2.12. The SMILES string of the molecule is CCC(NC(=O)NCCCn1cnc2ccccc21)c1ccc(Cl)cc1. The van der Waals surface area contributed by atoms with Crippen molar-refractivity contribution in [1.82, 2.24) is 20.2 Å². The first-order chi connectivity index (χ1) is 12.7. The third kappa shape index (κ3) is 4.55. The molecular formula is C20H23ClN4O. The number of carbonyl (C=O) groups is 1. The quantitative estimate of drug-likeness (QED) is 0.600. The molecule has 0 fully saturated rings. The number of aromatic nitrogens is 2. The molecule has 136 valence electrons. The second-order valence-electron chi connectivity index (χ2n) is 6.19. The van der Waals surface area contributed by atoms with Crippen molar-refractivity contribution in [2.24, 2.45) is 0 Å². The van der Waals surface area contributed by atoms with Gasteiger partial charge >= 0.3 is 6.03 Å². The number of imidazole rings is 1. The monoisotopic (exact) mass is 370 g/mol. The van der Waals surface area contributed by atoms with Gasteiger partial charge in [0.15, 0.2) is 0 Å². The van der Waals surface area contributed by atoms with E-state index < -0.39 is 0 Å². The van der Waals surface area contributed by atoms with E-state index in [-0.39, 0.29) is 12.1 Å². The normalized spacial score (nSPS) is 12.1. The van der Waals surface area contributed by atoms with Crippen molar-refractivity contribution in [1.29, 1.82) is 0 Å². The maximum Gasteiger partial charge on any atom is 0.315 e. The molecule has 2 N–H and O–H groups in total. The zero-order valence-electron chi connectivity index (χ0n) is 14.8. The van der Waals surface area contributed by atoms with Crippen LogP contribution in [0.25, 0.3) is 11.0 Å². The summed E-state index contributed by atoms with van der Waals surface area (Å²) in [6.07, 6.45) is 3.50. The van der Waals surface area contributed by atoms with Crippen LogP contribution in [0.1, 0.15) is 31.4 Å². The van der Waals surface area contributed by atoms with Gasteiger partial charge < -0.3 is 15.2 Å². The fraction of sp³-hybridized carbons (Fsp3) is 0.300. The van der Waals surface area contributed by atoms with Crippen LogP contribution in [-0.4, -0.2) is 22.1 Å². The Bertz CT molecular complexity index is 860. The molecule has 26 heavy (non-hydrogen) atoms. The van der Waals surface area contributed by atoms with E-state index in [0.29, 0.717) is 11.6 Å². The Morgan fingerprint density at radius 2 is 1.96 bits per heavy atom. The van der Waals surface area contributed by atoms with Crippen LogP contribution in [0.4, 0.5) is 4.79 Å². The average molecular weight is 371 g/mol. The van der Waals surface area contributed by atoms with Crippen molar-refractivity contribution in [3.8, 4) is 0 Å². The van der Waals surface area contributed by atoms with Crippen molar-refractivity contribution in [2.45, 2.75) is 32.4 Å². The Labute approximate surface area is 158 Å². The van der Waals surface area contributed by atoms with Gasteiger partial charge in [-0.05, 0) is 42.7 Å². The van der Waals surface area contributed by atoms with Gasteiger partial charge in [-0.1, -0.05) is 42.8 Å². The summed E-state index contributed by atoms with van der Waals surface area (Å²) in [7, 11) is 0. The Kier molecular flexibility index (Phi) is 6.12. The minimum atomic E-state index is -0.151. The first kappa shape index (κ1) is 18.3. The molecule has 3 aromatic rings. The zero-order valence-corrected chi connectivity index (χ0v) is 15.5. The summed E-state index contributed by atoms with van der Waals surface area (Å²) in [6.45, 7) is 3.47. The van der Waals surface area contributed by atoms with Gasteiger partial charge in [-0.15, -0.1) is 0 Å². The van der Waals surface area contributed by atoms with Gasteiger partial charge in [0.05, 0.1) is 23.4 Å². The highest BCUT2D eigenvalue weighted by atomic mass is 35.5. The van der Waals surface area contributed by atoms with E-state index in [2.05, 4.69) is 26.3 Å². The molecule has 3 rings (SSSR count). The standard InChI is InChI=1S/C20H23ClN4O/c1-2-17(15-8-10-16(21)11-9-15)24-20(26)22-12-5-13-25-14-23-18-6-3-4-7-19(18)25/h3-4,6-11,14,17H,2,5,12-13H2,1H3,(H2,22,24,26). The summed E-state index contributed by atoms with van der Waals surface area (Å²) in [6, 6.07) is 15.4. The van der Waals surface area contributed by atoms with Crippen molar-refractivity contribution in [2.75, 3.05) is 6.54 Å². The summed E-state index contributed by atoms with van der Waals surface area (Å²) in [5.74, 6) is 0. The lowest BCUT2D eigenvalue weighted by atomic mass is 10.1. The number of hydrogen-bond acceptors (Lipinski definition) is 2. The smallest absolute Gasteiger partial charge is 0.315 e. The highest BCUT2D eigenvalue weighted by molar-refractivity contribution is 6.30. The molecule has 2 aromatic carbocycles. The second kappa shape index (κ2) is 8.72. The largest absolute Gasteiger partial charge is 0.338 e. The molecule has 1 aromatic heterocycles. The first-order valence-corrected chi connectivity index (χ1v) is 9.25. The molecule has 0 spiro atoms. The lowest BCUT2D eigenvalue weighted by molar-refractivity contribution is 0.236. The maximum absolute atomic E-state index is 12.2. The van der Waals surface area contributed by atoms with Gasteiger partial charge in [-0.2, -0.15) is 0 Å². The fourth-order valence-electron chi connectivity index (χ4n) is 2.97. The number of aryl methyl sites for hydroxylation is 1. The fourth-order valence-corrected chi connectivity index (χ4v) is 3.09. The number of nitrogens with one attached hydrogen (secondary N) is 2. The molecule has 1 unspecified atom stereocenters. The molecule has 2 amide bonds. The Morgan fingerprint density at radius 1 is 1.19 bits per heavy atom. The molecule has 0 saturated heterocycles. The van der Waals surface area contributed by atoms with Crippen molar-refractivity contribution in [3.63, 3.8) is 0 Å². The molecule has 0 saturated carbocycles. The second-order valence-corrected chi connectivity index (χ2v) is 6.63. The molecule has 0 bridgehead atoms. The number of fused-ring (bicyclic) bond motifs is 1. The van der Waals surface area contributed by atoms with Gasteiger partial charge in [-0.25, -0.2) is 9.78 Å². The number of hydrogen-bond donors (Lipinski definition) is 2. The van der Waals surface area contributed by atoms with Gasteiger partial charge in [0, 0.05) is 18.1 Å². The number of halogens is 1.